The molecule has 2 fully saturated rings. The number of halogens is 1. The van der Waals surface area contributed by atoms with E-state index in [0.717, 1.165) is 19.3 Å². The van der Waals surface area contributed by atoms with Crippen LogP contribution in [0.1, 0.15) is 79.3 Å². The minimum absolute atomic E-state index is 0.00745. The van der Waals surface area contributed by atoms with Gasteiger partial charge in [-0.1, -0.05) is 39.3 Å². The van der Waals surface area contributed by atoms with Gasteiger partial charge in [-0.25, -0.2) is 4.39 Å². The average molecular weight is 615 g/mol. The third kappa shape index (κ3) is 7.30. The zero-order valence-corrected chi connectivity index (χ0v) is 26.6. The molecule has 0 spiro atoms. The number of hydrogen-bond donors (Lipinski definition) is 3. The quantitative estimate of drug-likeness (QED) is 0.321. The Morgan fingerprint density at radius 3 is 2.50 bits per heavy atom. The van der Waals surface area contributed by atoms with E-state index in [0.29, 0.717) is 35.6 Å². The van der Waals surface area contributed by atoms with Gasteiger partial charge in [0.15, 0.2) is 5.76 Å². The number of benzene rings is 1. The Kier molecular flexibility index (Phi) is 10.5. The molecule has 3 N–H and O–H groups in total. The number of ether oxygens (including phenoxy) is 1. The number of Topliss-reactive ketones (excluding diaryl/α,β-unsaturated/α-hetero) is 1. The highest BCUT2D eigenvalue weighted by atomic mass is 19.1. The van der Waals surface area contributed by atoms with Crippen molar-refractivity contribution in [1.82, 2.24) is 10.1 Å². The summed E-state index contributed by atoms with van der Waals surface area (Å²) in [4.78, 5) is 28.9. The smallest absolute Gasteiger partial charge is 0.309 e. The summed E-state index contributed by atoms with van der Waals surface area (Å²) in [6, 6.07) is 7.63. The van der Waals surface area contributed by atoms with E-state index < -0.39 is 35.6 Å². The van der Waals surface area contributed by atoms with Crippen LogP contribution in [-0.4, -0.2) is 80.2 Å². The largest absolute Gasteiger partial charge is 0.458 e. The summed E-state index contributed by atoms with van der Waals surface area (Å²) < 4.78 is 24.9. The highest BCUT2D eigenvalue weighted by Gasteiger charge is 2.58. The number of cyclic esters (lactones) is 1. The SMILES string of the molecule is C/C(=C\c1cc(-c2ccc(F)cc2)on1)[C@@H]1C[C@@H]2N(CCO)[C@]2(C)CCC[C@H](C)[C@H](O)[C@@H](C)C(=O)C(C)(C)[C@@H](O)CC(=O)O1. The van der Waals surface area contributed by atoms with Crippen molar-refractivity contribution in [2.45, 2.75) is 104 Å². The second kappa shape index (κ2) is 13.6. The lowest BCUT2D eigenvalue weighted by atomic mass is 9.73. The maximum Gasteiger partial charge on any atom is 0.309 e. The van der Waals surface area contributed by atoms with Crippen molar-refractivity contribution < 1.29 is 38.6 Å². The molecule has 1 unspecified atom stereocenters. The fraction of sp³-hybridized carbons (Fsp3) is 0.618. The second-order valence-electron chi connectivity index (χ2n) is 13.5. The van der Waals surface area contributed by atoms with Crippen molar-refractivity contribution in [1.29, 1.82) is 0 Å². The monoisotopic (exact) mass is 614 g/mol. The van der Waals surface area contributed by atoms with E-state index in [2.05, 4.69) is 17.0 Å². The van der Waals surface area contributed by atoms with Crippen LogP contribution < -0.4 is 0 Å². The summed E-state index contributed by atoms with van der Waals surface area (Å²) in [6.07, 6.45) is 1.34. The zero-order chi connectivity index (χ0) is 32.4. The van der Waals surface area contributed by atoms with Gasteiger partial charge in [0, 0.05) is 42.1 Å². The van der Waals surface area contributed by atoms with E-state index in [1.807, 2.05) is 13.8 Å². The van der Waals surface area contributed by atoms with Gasteiger partial charge in [0.05, 0.1) is 30.7 Å². The molecule has 4 rings (SSSR count). The molecule has 242 valence electrons. The summed E-state index contributed by atoms with van der Waals surface area (Å²) in [5.41, 5.74) is 0.377. The topological polar surface area (TPSA) is 133 Å². The number of carbonyl (C=O) groups excluding carboxylic acids is 2. The van der Waals surface area contributed by atoms with Gasteiger partial charge in [0.25, 0.3) is 0 Å². The standard InChI is InChI=1S/C34H47FN2O7/c1-20-8-7-13-34(6)28(37(34)14-15-38)18-26(43-30(40)19-29(39)33(4,5)32(42)22(3)31(20)41)21(2)16-25-17-27(44-36-25)23-9-11-24(35)12-10-23/h9-12,16-17,20,22,26,28-29,31,38-39,41H,7-8,13-15,18-19H2,1-6H3/b21-16+/t20-,22+,26-,28-,29-,31-,34+,37?/m0/s1. The number of ketones is 1. The van der Waals surface area contributed by atoms with Crippen molar-refractivity contribution in [3.8, 4) is 11.3 Å². The number of aliphatic hydroxyl groups is 3. The lowest BCUT2D eigenvalue weighted by molar-refractivity contribution is -0.154. The molecular formula is C34H47FN2O7. The van der Waals surface area contributed by atoms with Crippen LogP contribution in [0.2, 0.25) is 0 Å². The summed E-state index contributed by atoms with van der Waals surface area (Å²) in [5, 5.41) is 36.0. The third-order valence-corrected chi connectivity index (χ3v) is 9.95. The predicted octanol–water partition coefficient (Wildman–Crippen LogP) is 4.78. The van der Waals surface area contributed by atoms with Crippen molar-refractivity contribution in [2.24, 2.45) is 17.3 Å². The molecule has 0 saturated carbocycles. The van der Waals surface area contributed by atoms with E-state index in [-0.39, 0.29) is 42.1 Å². The molecule has 2 aromatic rings. The molecule has 2 aliphatic rings. The maximum absolute atomic E-state index is 13.4. The first-order chi connectivity index (χ1) is 20.7. The van der Waals surface area contributed by atoms with E-state index >= 15 is 0 Å². The van der Waals surface area contributed by atoms with Gasteiger partial charge in [-0.15, -0.1) is 0 Å². The molecule has 10 heteroatoms. The molecule has 0 bridgehead atoms. The third-order valence-electron chi connectivity index (χ3n) is 9.95. The molecule has 8 atom stereocenters. The molecule has 3 heterocycles. The van der Waals surface area contributed by atoms with Crippen LogP contribution in [0, 0.1) is 23.1 Å². The van der Waals surface area contributed by atoms with Crippen LogP contribution in [0.5, 0.6) is 0 Å². The number of carbonyl (C=O) groups is 2. The normalized spacial score (nSPS) is 33.9. The Labute approximate surface area is 259 Å². The molecule has 2 saturated heterocycles. The average Bonchev–Trinajstić information content (AvgIpc) is 3.27. The van der Waals surface area contributed by atoms with Crippen LogP contribution >= 0.6 is 0 Å². The van der Waals surface area contributed by atoms with E-state index in [1.165, 1.54) is 12.1 Å². The van der Waals surface area contributed by atoms with Gasteiger partial charge < -0.3 is 24.6 Å². The van der Waals surface area contributed by atoms with Crippen molar-refractivity contribution in [3.63, 3.8) is 0 Å². The molecule has 2 aliphatic heterocycles. The molecule has 0 aliphatic carbocycles. The van der Waals surface area contributed by atoms with Crippen LogP contribution in [0.25, 0.3) is 17.4 Å². The number of hydrogen-bond acceptors (Lipinski definition) is 9. The molecule has 9 nitrogen and oxygen atoms in total. The van der Waals surface area contributed by atoms with Crippen molar-refractivity contribution >= 4 is 17.8 Å². The Morgan fingerprint density at radius 2 is 1.84 bits per heavy atom. The van der Waals surface area contributed by atoms with Gasteiger partial charge in [0.1, 0.15) is 23.4 Å². The van der Waals surface area contributed by atoms with Crippen LogP contribution in [0.15, 0.2) is 40.4 Å². The molecule has 1 aromatic heterocycles. The van der Waals surface area contributed by atoms with E-state index in [9.17, 15) is 29.3 Å². The molecular weight excluding hydrogens is 567 g/mol. The van der Waals surface area contributed by atoms with Crippen LogP contribution in [-0.2, 0) is 14.3 Å². The highest BCUT2D eigenvalue weighted by molar-refractivity contribution is 5.88. The first kappa shape index (κ1) is 34.0. The highest BCUT2D eigenvalue weighted by Crippen LogP contribution is 2.48. The van der Waals surface area contributed by atoms with Crippen LogP contribution in [0.3, 0.4) is 0 Å². The zero-order valence-electron chi connectivity index (χ0n) is 26.6. The predicted molar refractivity (Wildman–Crippen MR) is 164 cm³/mol. The van der Waals surface area contributed by atoms with Crippen molar-refractivity contribution in [2.75, 3.05) is 13.2 Å². The molecule has 44 heavy (non-hydrogen) atoms. The lowest BCUT2D eigenvalue weighted by Crippen LogP contribution is -2.45. The summed E-state index contributed by atoms with van der Waals surface area (Å²) in [7, 11) is 0. The number of fused-ring (bicyclic) bond motifs is 1. The molecule has 1 aromatic carbocycles. The Balaban J connectivity index is 1.63. The first-order valence-corrected chi connectivity index (χ1v) is 15.6. The summed E-state index contributed by atoms with van der Waals surface area (Å²) in [6.45, 7) is 11.3. The summed E-state index contributed by atoms with van der Waals surface area (Å²) in [5.74, 6) is -1.68. The number of aromatic nitrogens is 1. The number of aliphatic hydroxyl groups excluding tert-OH is 3. The first-order valence-electron chi connectivity index (χ1n) is 15.6. The molecule has 0 amide bonds. The minimum Gasteiger partial charge on any atom is -0.458 e. The van der Waals surface area contributed by atoms with Crippen LogP contribution in [0.4, 0.5) is 4.39 Å². The Bertz CT molecular complexity index is 1340. The molecule has 0 radical (unpaired) electrons. The number of nitrogens with zero attached hydrogens (tertiary/aromatic N) is 2. The van der Waals surface area contributed by atoms with Gasteiger partial charge in [-0.05, 0) is 68.5 Å². The van der Waals surface area contributed by atoms with E-state index in [1.54, 1.807) is 45.0 Å². The van der Waals surface area contributed by atoms with Gasteiger partial charge in [-0.2, -0.15) is 0 Å². The van der Waals surface area contributed by atoms with E-state index in [4.69, 9.17) is 9.26 Å². The lowest BCUT2D eigenvalue weighted by Gasteiger charge is -2.34. The van der Waals surface area contributed by atoms with Gasteiger partial charge in [0.2, 0.25) is 0 Å². The Hall–Kier alpha value is -2.92. The van der Waals surface area contributed by atoms with Crippen molar-refractivity contribution in [3.05, 3.63) is 47.4 Å². The fourth-order valence-corrected chi connectivity index (χ4v) is 6.72. The van der Waals surface area contributed by atoms with Gasteiger partial charge >= 0.3 is 5.97 Å². The summed E-state index contributed by atoms with van der Waals surface area (Å²) >= 11 is 0. The van der Waals surface area contributed by atoms with Gasteiger partial charge in [-0.3, -0.25) is 14.5 Å². The second-order valence-corrected chi connectivity index (χ2v) is 13.5. The fourth-order valence-electron chi connectivity index (χ4n) is 6.72. The number of β-amino-alcohol motifs (C(OH)–C–C–N with tert-alkyl or cyclic N) is 1. The maximum atomic E-state index is 13.4. The number of esters is 1. The number of rotatable bonds is 5. The minimum atomic E-state index is -1.31. The Morgan fingerprint density at radius 1 is 1.16 bits per heavy atom.